The molecule has 168 valence electrons. The average molecular weight is 641 g/mol. The predicted octanol–water partition coefficient (Wildman–Crippen LogP) is 2.32. The van der Waals surface area contributed by atoms with E-state index < -0.39 is 55.2 Å². The van der Waals surface area contributed by atoms with Crippen molar-refractivity contribution in [3.63, 3.8) is 0 Å². The van der Waals surface area contributed by atoms with Gasteiger partial charge < -0.3 is 11.7 Å². The van der Waals surface area contributed by atoms with Crippen LogP contribution in [0, 0.1) is 6.92 Å². The van der Waals surface area contributed by atoms with E-state index in [1.807, 2.05) is 4.72 Å². The van der Waals surface area contributed by atoms with Crippen LogP contribution in [0.5, 0.6) is 0 Å². The van der Waals surface area contributed by atoms with Gasteiger partial charge in [0.2, 0.25) is 0 Å². The van der Waals surface area contributed by atoms with Crippen molar-refractivity contribution in [2.24, 2.45) is 4.99 Å². The Balaban J connectivity index is 0.00000480. The van der Waals surface area contributed by atoms with Gasteiger partial charge in [0.25, 0.3) is 16.4 Å². The van der Waals surface area contributed by atoms with Gasteiger partial charge >= 0.3 is 0 Å². The summed E-state index contributed by atoms with van der Waals surface area (Å²) in [5, 5.41) is 0. The number of hydrogen-bond acceptors (Lipinski definition) is 6. The van der Waals surface area contributed by atoms with Gasteiger partial charge in [0.15, 0.2) is 9.84 Å². The monoisotopic (exact) mass is 641 g/mol. The molecular formula is C19H19F2N2O5S2W-. The minimum atomic E-state index is -4.04. The van der Waals surface area contributed by atoms with Gasteiger partial charge in [-0.1, -0.05) is 42.5 Å². The Morgan fingerprint density at radius 1 is 1.03 bits per heavy atom. The first kappa shape index (κ1) is 26.9. The number of nitrogens with one attached hydrogen (secondary N) is 1. The van der Waals surface area contributed by atoms with Gasteiger partial charge in [-0.25, -0.2) is 25.6 Å². The van der Waals surface area contributed by atoms with Crippen LogP contribution in [-0.2, 0) is 51.5 Å². The zero-order chi connectivity index (χ0) is 22.4. The Morgan fingerprint density at radius 2 is 1.61 bits per heavy atom. The first-order valence-electron chi connectivity index (χ1n) is 8.53. The number of sulfone groups is 1. The molecule has 0 aliphatic carbocycles. The number of rotatable bonds is 10. The molecule has 0 spiro atoms. The van der Waals surface area contributed by atoms with E-state index in [1.165, 1.54) is 42.5 Å². The largest absolute Gasteiger partial charge is 0.337 e. The second-order valence-corrected chi connectivity index (χ2v) is 10.1. The van der Waals surface area contributed by atoms with Crippen molar-refractivity contribution in [3.05, 3.63) is 72.6 Å². The molecule has 0 bridgehead atoms. The fourth-order valence-corrected chi connectivity index (χ4v) is 4.95. The number of aliphatic imine (C=N–C) groups is 1. The maximum Gasteiger partial charge on any atom is 0.264 e. The summed E-state index contributed by atoms with van der Waals surface area (Å²) >= 11 is 0. The predicted molar refractivity (Wildman–Crippen MR) is 108 cm³/mol. The normalized spacial score (nSPS) is 13.0. The molecule has 2 aromatic rings. The molecule has 7 nitrogen and oxygen atoms in total. The first-order valence-corrected chi connectivity index (χ1v) is 11.8. The van der Waals surface area contributed by atoms with Crippen molar-refractivity contribution < 1.29 is 51.5 Å². The van der Waals surface area contributed by atoms with Crippen LogP contribution in [-0.4, -0.2) is 40.8 Å². The van der Waals surface area contributed by atoms with E-state index in [1.54, 1.807) is 6.07 Å². The third-order valence-corrected chi connectivity index (χ3v) is 6.85. The van der Waals surface area contributed by atoms with E-state index in [2.05, 4.69) is 11.9 Å². The van der Waals surface area contributed by atoms with Gasteiger partial charge in [-0.3, -0.25) is 9.71 Å². The van der Waals surface area contributed by atoms with Crippen molar-refractivity contribution in [2.45, 2.75) is 23.1 Å². The van der Waals surface area contributed by atoms with Gasteiger partial charge in [-0.05, 0) is 17.7 Å². The van der Waals surface area contributed by atoms with Crippen LogP contribution in [0.4, 0.5) is 8.78 Å². The van der Waals surface area contributed by atoms with E-state index in [-0.39, 0.29) is 31.5 Å². The van der Waals surface area contributed by atoms with Crippen molar-refractivity contribution >= 4 is 32.0 Å². The number of benzene rings is 2. The van der Waals surface area contributed by atoms with Gasteiger partial charge in [0.1, 0.15) is 0 Å². The number of ketones is 1. The molecule has 1 atom stereocenters. The molecule has 2 rings (SSSR count). The summed E-state index contributed by atoms with van der Waals surface area (Å²) in [6, 6.07) is 11.0. The Hall–Kier alpha value is -2.10. The second-order valence-electron chi connectivity index (χ2n) is 6.25. The number of carbonyl (C=O) groups is 1. The Labute approximate surface area is 194 Å². The molecule has 31 heavy (non-hydrogen) atoms. The number of nitrogens with zero attached hydrogens (tertiary/aromatic N) is 1. The first-order chi connectivity index (χ1) is 14.0. The summed E-state index contributed by atoms with van der Waals surface area (Å²) in [5.74, 6) is -2.39. The quantitative estimate of drug-likeness (QED) is 0.244. The van der Waals surface area contributed by atoms with Crippen LogP contribution in [0.15, 0.2) is 64.5 Å². The summed E-state index contributed by atoms with van der Waals surface area (Å²) < 4.78 is 77.3. The van der Waals surface area contributed by atoms with Crippen LogP contribution in [0.2, 0.25) is 0 Å². The molecule has 0 fully saturated rings. The number of Topliss-reactive ketones (excluding diaryl/α,β-unsaturated/α-hetero) is 1. The van der Waals surface area contributed by atoms with Crippen LogP contribution in [0.3, 0.4) is 0 Å². The van der Waals surface area contributed by atoms with E-state index in [4.69, 9.17) is 0 Å². The number of halogens is 2. The van der Waals surface area contributed by atoms with Crippen molar-refractivity contribution in [2.75, 3.05) is 5.75 Å². The molecule has 0 aliphatic rings. The van der Waals surface area contributed by atoms with Crippen molar-refractivity contribution in [1.82, 2.24) is 4.72 Å². The third-order valence-electron chi connectivity index (χ3n) is 3.96. The van der Waals surface area contributed by atoms with E-state index >= 15 is 0 Å². The van der Waals surface area contributed by atoms with Gasteiger partial charge in [-0.2, -0.15) is 0 Å². The topological polar surface area (TPSA) is 110 Å². The standard InChI is InChI=1S/C19H19F2N2O5S2.W/c1-14(24)18(22-13-23-30(27,28)16-8-3-2-4-9-16)12-29(25,26)11-15-7-5-6-10-17(15)19(20)21;/h2-10,13,18-19H,1,11-12H2,(H,22,23);/q-1;/t18-;/m0./s1. The summed E-state index contributed by atoms with van der Waals surface area (Å²) in [6.07, 6.45) is -2.15. The number of alkyl halides is 2. The van der Waals surface area contributed by atoms with Crippen LogP contribution in [0.1, 0.15) is 17.6 Å². The molecule has 0 amide bonds. The maximum atomic E-state index is 13.1. The van der Waals surface area contributed by atoms with Gasteiger partial charge in [0, 0.05) is 32.4 Å². The van der Waals surface area contributed by atoms with Gasteiger partial charge in [0.05, 0.1) is 28.8 Å². The molecule has 0 saturated carbocycles. The fourth-order valence-electron chi connectivity index (χ4n) is 2.49. The molecule has 0 heterocycles. The maximum absolute atomic E-state index is 13.1. The second kappa shape index (κ2) is 11.5. The SMILES string of the molecule is [CH2-]C(=O)[C@H](CS(=O)(=O)Cc1ccccc1C(F)F)N=CNS(=O)(=O)c1ccccc1.[W]. The molecule has 1 N–H and O–H groups in total. The smallest absolute Gasteiger partial charge is 0.264 e. The fraction of sp³-hybridized carbons (Fsp3) is 0.211. The minimum Gasteiger partial charge on any atom is -0.337 e. The van der Waals surface area contributed by atoms with Crippen LogP contribution >= 0.6 is 0 Å². The van der Waals surface area contributed by atoms with Gasteiger partial charge in [-0.15, -0.1) is 0 Å². The van der Waals surface area contributed by atoms with E-state index in [9.17, 15) is 30.4 Å². The zero-order valence-electron chi connectivity index (χ0n) is 16.0. The molecule has 12 heteroatoms. The number of sulfonamides is 1. The zero-order valence-corrected chi connectivity index (χ0v) is 20.6. The number of hydrogen-bond donors (Lipinski definition) is 1. The molecule has 0 saturated heterocycles. The Bertz CT molecular complexity index is 1120. The van der Waals surface area contributed by atoms with E-state index in [0.29, 0.717) is 6.34 Å². The Kier molecular flexibility index (Phi) is 9.99. The molecule has 0 radical (unpaired) electrons. The third kappa shape index (κ3) is 8.16. The molecule has 0 aliphatic heterocycles. The van der Waals surface area contributed by atoms with Crippen LogP contribution < -0.4 is 4.72 Å². The minimum absolute atomic E-state index is 0. The summed E-state index contributed by atoms with van der Waals surface area (Å²) in [5.41, 5.74) is -0.505. The summed E-state index contributed by atoms with van der Waals surface area (Å²) in [6.45, 7) is 3.13. The summed E-state index contributed by atoms with van der Waals surface area (Å²) in [4.78, 5) is 15.3. The van der Waals surface area contributed by atoms with E-state index in [0.717, 1.165) is 6.07 Å². The average Bonchev–Trinajstić information content (AvgIpc) is 2.67. The molecule has 0 unspecified atom stereocenters. The molecule has 2 aromatic carbocycles. The van der Waals surface area contributed by atoms with Crippen molar-refractivity contribution in [1.29, 1.82) is 0 Å². The van der Waals surface area contributed by atoms with Crippen LogP contribution in [0.25, 0.3) is 0 Å². The number of carbonyl (C=O) groups excluding carboxylic acids is 1. The summed E-state index contributed by atoms with van der Waals surface area (Å²) in [7, 11) is -7.99. The Morgan fingerprint density at radius 3 is 2.19 bits per heavy atom. The molecule has 0 aromatic heterocycles. The van der Waals surface area contributed by atoms with Crippen molar-refractivity contribution in [3.8, 4) is 0 Å². The molecular weight excluding hydrogens is 622 g/mol.